The predicted octanol–water partition coefficient (Wildman–Crippen LogP) is 2.93. The Balaban J connectivity index is 2.69. The first-order valence-corrected chi connectivity index (χ1v) is 4.92. The maximum absolute atomic E-state index is 12.0. The fourth-order valence-electron chi connectivity index (χ4n) is 1.02. The smallest absolute Gasteiger partial charge is 0.365 e. The fourth-order valence-corrected chi connectivity index (χ4v) is 1.27. The van der Waals surface area contributed by atoms with Crippen molar-refractivity contribution < 1.29 is 13.2 Å². The Morgan fingerprint density at radius 2 is 1.94 bits per heavy atom. The van der Waals surface area contributed by atoms with Gasteiger partial charge < -0.3 is 5.32 Å². The Kier molecular flexibility index (Phi) is 4.15. The molecule has 0 spiro atoms. The third kappa shape index (κ3) is 4.36. The van der Waals surface area contributed by atoms with Crippen molar-refractivity contribution in [2.75, 3.05) is 5.32 Å². The van der Waals surface area contributed by atoms with Gasteiger partial charge in [0.15, 0.2) is 11.0 Å². The van der Waals surface area contributed by atoms with E-state index in [9.17, 15) is 13.2 Å². The molecule has 4 nitrogen and oxygen atoms in total. The lowest BCUT2D eigenvalue weighted by atomic mass is 10.2. The number of hydrogen-bond acceptors (Lipinski definition) is 4. The Bertz CT molecular complexity index is 371. The van der Waals surface area contributed by atoms with Gasteiger partial charge in [-0.15, -0.1) is 10.2 Å². The van der Waals surface area contributed by atoms with Gasteiger partial charge in [-0.1, -0.05) is 11.6 Å². The van der Waals surface area contributed by atoms with Crippen LogP contribution in [0.15, 0.2) is 0 Å². The average molecular weight is 275 g/mol. The van der Waals surface area contributed by atoms with Crippen molar-refractivity contribution in [2.45, 2.75) is 25.6 Å². The van der Waals surface area contributed by atoms with Gasteiger partial charge in [0.1, 0.15) is 0 Å². The molecule has 1 rings (SSSR count). The van der Waals surface area contributed by atoms with Gasteiger partial charge >= 0.3 is 6.18 Å². The van der Waals surface area contributed by atoms with Crippen LogP contribution in [0.4, 0.5) is 19.0 Å². The zero-order valence-corrected chi connectivity index (χ0v) is 9.53. The molecule has 1 heterocycles. The molecule has 0 radical (unpaired) electrons. The molecule has 0 aliphatic carbocycles. The monoisotopic (exact) mass is 274 g/mol. The maximum Gasteiger partial charge on any atom is 0.391 e. The SMILES string of the molecule is CC(CC(F)(F)F)Nc1nc(Cl)nnc1Cl. The van der Waals surface area contributed by atoms with Crippen molar-refractivity contribution in [1.82, 2.24) is 15.2 Å². The summed E-state index contributed by atoms with van der Waals surface area (Å²) < 4.78 is 36.1. The summed E-state index contributed by atoms with van der Waals surface area (Å²) in [6, 6.07) is -0.884. The normalized spacial score (nSPS) is 13.6. The molecule has 1 atom stereocenters. The molecule has 0 saturated heterocycles. The minimum absolute atomic E-state index is 0.0154. The summed E-state index contributed by atoms with van der Waals surface area (Å²) in [5, 5.41) is 8.88. The van der Waals surface area contributed by atoms with E-state index in [0.717, 1.165) is 0 Å². The molecule has 1 aromatic rings. The van der Waals surface area contributed by atoms with Crippen molar-refractivity contribution >= 4 is 29.0 Å². The topological polar surface area (TPSA) is 50.7 Å². The van der Waals surface area contributed by atoms with Crippen LogP contribution in [0.3, 0.4) is 0 Å². The van der Waals surface area contributed by atoms with E-state index >= 15 is 0 Å². The van der Waals surface area contributed by atoms with Gasteiger partial charge in [0.05, 0.1) is 6.42 Å². The van der Waals surface area contributed by atoms with E-state index in [2.05, 4.69) is 20.5 Å². The first-order valence-electron chi connectivity index (χ1n) is 4.17. The summed E-state index contributed by atoms with van der Waals surface area (Å²) in [6.07, 6.45) is -5.27. The molecule has 0 saturated carbocycles. The average Bonchev–Trinajstić information content (AvgIpc) is 2.08. The van der Waals surface area contributed by atoms with Crippen LogP contribution < -0.4 is 5.32 Å². The van der Waals surface area contributed by atoms with E-state index in [0.29, 0.717) is 0 Å². The Morgan fingerprint density at radius 1 is 1.31 bits per heavy atom. The highest BCUT2D eigenvalue weighted by Gasteiger charge is 2.30. The zero-order valence-electron chi connectivity index (χ0n) is 8.02. The quantitative estimate of drug-likeness (QED) is 0.921. The summed E-state index contributed by atoms with van der Waals surface area (Å²) >= 11 is 11.0. The van der Waals surface area contributed by atoms with Crippen LogP contribution in [0.2, 0.25) is 10.4 Å². The van der Waals surface area contributed by atoms with E-state index in [4.69, 9.17) is 23.2 Å². The second-order valence-corrected chi connectivity index (χ2v) is 3.78. The lowest BCUT2D eigenvalue weighted by Crippen LogP contribution is -2.24. The molecule has 9 heteroatoms. The van der Waals surface area contributed by atoms with E-state index in [1.54, 1.807) is 0 Å². The number of nitrogens with one attached hydrogen (secondary N) is 1. The highest BCUT2D eigenvalue weighted by atomic mass is 35.5. The molecule has 0 aromatic carbocycles. The molecule has 1 unspecified atom stereocenters. The molecule has 90 valence electrons. The van der Waals surface area contributed by atoms with Crippen molar-refractivity contribution in [2.24, 2.45) is 0 Å². The van der Waals surface area contributed by atoms with Crippen molar-refractivity contribution in [1.29, 1.82) is 0 Å². The van der Waals surface area contributed by atoms with Gasteiger partial charge in [-0.3, -0.25) is 0 Å². The van der Waals surface area contributed by atoms with Gasteiger partial charge in [0.25, 0.3) is 0 Å². The number of anilines is 1. The highest BCUT2D eigenvalue weighted by Crippen LogP contribution is 2.24. The van der Waals surface area contributed by atoms with Gasteiger partial charge in [0.2, 0.25) is 5.28 Å². The highest BCUT2D eigenvalue weighted by molar-refractivity contribution is 6.32. The lowest BCUT2D eigenvalue weighted by molar-refractivity contribution is -0.136. The number of halogens is 5. The lowest BCUT2D eigenvalue weighted by Gasteiger charge is -2.16. The molecular weight excluding hydrogens is 268 g/mol. The minimum atomic E-state index is -4.26. The standard InChI is InChI=1S/C7H7Cl2F3N4/c1-3(2-7(10,11)12)13-5-4(8)15-16-6(9)14-5/h3H,2H2,1H3,(H,13,14,16). The second-order valence-electron chi connectivity index (χ2n) is 3.08. The number of rotatable bonds is 3. The van der Waals surface area contributed by atoms with E-state index < -0.39 is 18.6 Å². The molecule has 0 aliphatic heterocycles. The minimum Gasteiger partial charge on any atom is -0.365 e. The summed E-state index contributed by atoms with van der Waals surface area (Å²) in [7, 11) is 0. The van der Waals surface area contributed by atoms with E-state index in [-0.39, 0.29) is 16.3 Å². The van der Waals surface area contributed by atoms with Gasteiger partial charge in [0, 0.05) is 6.04 Å². The molecule has 0 bridgehead atoms. The number of aromatic nitrogens is 3. The van der Waals surface area contributed by atoms with Crippen LogP contribution in [0, 0.1) is 0 Å². The summed E-state index contributed by atoms with van der Waals surface area (Å²) in [4.78, 5) is 3.62. The van der Waals surface area contributed by atoms with Crippen LogP contribution in [0.1, 0.15) is 13.3 Å². The second kappa shape index (κ2) is 5.01. The van der Waals surface area contributed by atoms with Crippen LogP contribution in [-0.2, 0) is 0 Å². The Labute approximate surface area is 99.2 Å². The molecule has 0 aliphatic rings. The van der Waals surface area contributed by atoms with E-state index in [1.165, 1.54) is 6.92 Å². The number of hydrogen-bond donors (Lipinski definition) is 1. The van der Waals surface area contributed by atoms with Crippen LogP contribution >= 0.6 is 23.2 Å². The molecule has 1 aromatic heterocycles. The summed E-state index contributed by atoms with van der Waals surface area (Å²) in [5.41, 5.74) is 0. The van der Waals surface area contributed by atoms with Gasteiger partial charge in [-0.2, -0.15) is 18.2 Å². The maximum atomic E-state index is 12.0. The fraction of sp³-hybridized carbons (Fsp3) is 0.571. The zero-order chi connectivity index (χ0) is 12.3. The third-order valence-corrected chi connectivity index (χ3v) is 1.96. The van der Waals surface area contributed by atoms with Crippen LogP contribution in [0.25, 0.3) is 0 Å². The van der Waals surface area contributed by atoms with Crippen molar-refractivity contribution in [3.8, 4) is 0 Å². The Morgan fingerprint density at radius 3 is 2.50 bits per heavy atom. The number of alkyl halides is 3. The molecule has 0 amide bonds. The molecule has 0 fully saturated rings. The largest absolute Gasteiger partial charge is 0.391 e. The van der Waals surface area contributed by atoms with Crippen molar-refractivity contribution in [3.63, 3.8) is 0 Å². The third-order valence-electron chi connectivity index (χ3n) is 1.54. The molecular formula is C7H7Cl2F3N4. The van der Waals surface area contributed by atoms with E-state index in [1.807, 2.05) is 0 Å². The summed E-state index contributed by atoms with van der Waals surface area (Å²) in [6.45, 7) is 1.35. The van der Waals surface area contributed by atoms with Crippen LogP contribution in [-0.4, -0.2) is 27.4 Å². The van der Waals surface area contributed by atoms with Gasteiger partial charge in [-0.25, -0.2) is 0 Å². The Hall–Kier alpha value is -0.820. The number of nitrogens with zero attached hydrogens (tertiary/aromatic N) is 3. The predicted molar refractivity (Wildman–Crippen MR) is 53.6 cm³/mol. The first-order chi connectivity index (χ1) is 7.28. The summed E-state index contributed by atoms with van der Waals surface area (Å²) in [5.74, 6) is -0.0154. The molecule has 1 N–H and O–H groups in total. The first kappa shape index (κ1) is 13.2. The van der Waals surface area contributed by atoms with Gasteiger partial charge in [-0.05, 0) is 18.5 Å². The van der Waals surface area contributed by atoms with Crippen molar-refractivity contribution in [3.05, 3.63) is 10.4 Å². The van der Waals surface area contributed by atoms with Crippen LogP contribution in [0.5, 0.6) is 0 Å². The molecule has 16 heavy (non-hydrogen) atoms.